The summed E-state index contributed by atoms with van der Waals surface area (Å²) in [6.07, 6.45) is 2.38. The molecule has 90 valence electrons. The first kappa shape index (κ1) is 11.7. The fourth-order valence-electron chi connectivity index (χ4n) is 1.60. The maximum atomic E-state index is 5.71. The molecule has 2 rings (SSSR count). The number of nitrogens with zero attached hydrogens (tertiary/aromatic N) is 1. The number of hydrogen-bond donors (Lipinski definition) is 1. The lowest BCUT2D eigenvalue weighted by Gasteiger charge is -2.00. The van der Waals surface area contributed by atoms with E-state index in [1.54, 1.807) is 13.4 Å². The Morgan fingerprint density at radius 2 is 2.06 bits per heavy atom. The highest BCUT2D eigenvalue weighted by Gasteiger charge is 2.08. The number of nitrogens with two attached hydrogens (primary N) is 1. The molecule has 4 nitrogen and oxygen atoms in total. The molecule has 0 saturated carbocycles. The Morgan fingerprint density at radius 3 is 2.65 bits per heavy atom. The second kappa shape index (κ2) is 5.01. The predicted octanol–water partition coefficient (Wildman–Crippen LogP) is 2.24. The molecule has 0 fully saturated rings. The van der Waals surface area contributed by atoms with Crippen LogP contribution >= 0.6 is 0 Å². The van der Waals surface area contributed by atoms with E-state index in [4.69, 9.17) is 14.9 Å². The lowest BCUT2D eigenvalue weighted by atomic mass is 10.2. The topological polar surface area (TPSA) is 61.3 Å². The molecule has 17 heavy (non-hydrogen) atoms. The highest BCUT2D eigenvalue weighted by Crippen LogP contribution is 2.21. The van der Waals surface area contributed by atoms with Crippen molar-refractivity contribution in [2.75, 3.05) is 7.11 Å². The Morgan fingerprint density at radius 1 is 1.35 bits per heavy atom. The van der Waals surface area contributed by atoms with Gasteiger partial charge in [0.25, 0.3) is 0 Å². The van der Waals surface area contributed by atoms with Crippen LogP contribution in [0, 0.1) is 0 Å². The fraction of sp³-hybridized carbons (Fsp3) is 0.308. The van der Waals surface area contributed by atoms with Gasteiger partial charge in [-0.15, -0.1) is 0 Å². The van der Waals surface area contributed by atoms with Crippen molar-refractivity contribution in [2.24, 2.45) is 5.73 Å². The molecule has 2 aromatic rings. The third kappa shape index (κ3) is 2.85. The molecule has 0 aliphatic heterocycles. The zero-order chi connectivity index (χ0) is 12.3. The van der Waals surface area contributed by atoms with E-state index in [0.29, 0.717) is 5.89 Å². The van der Waals surface area contributed by atoms with Crippen molar-refractivity contribution in [3.05, 3.63) is 36.2 Å². The summed E-state index contributed by atoms with van der Waals surface area (Å²) in [5, 5.41) is 0. The van der Waals surface area contributed by atoms with E-state index in [-0.39, 0.29) is 6.04 Å². The molecular formula is C13H16N2O2. The number of hydrogen-bond acceptors (Lipinski definition) is 4. The highest BCUT2D eigenvalue weighted by molar-refractivity contribution is 5.54. The molecule has 0 saturated heterocycles. The van der Waals surface area contributed by atoms with Gasteiger partial charge in [-0.3, -0.25) is 0 Å². The van der Waals surface area contributed by atoms with E-state index >= 15 is 0 Å². The minimum Gasteiger partial charge on any atom is -0.497 e. The van der Waals surface area contributed by atoms with Gasteiger partial charge in [0, 0.05) is 18.0 Å². The third-order valence-corrected chi connectivity index (χ3v) is 2.42. The number of rotatable bonds is 4. The molecule has 0 amide bonds. The van der Waals surface area contributed by atoms with E-state index in [9.17, 15) is 0 Å². The lowest BCUT2D eigenvalue weighted by Crippen LogP contribution is -2.17. The largest absolute Gasteiger partial charge is 0.497 e. The van der Waals surface area contributed by atoms with Crippen molar-refractivity contribution in [3.8, 4) is 17.2 Å². The molecule has 0 bridgehead atoms. The van der Waals surface area contributed by atoms with E-state index < -0.39 is 0 Å². The minimum atomic E-state index is 0.0869. The van der Waals surface area contributed by atoms with E-state index in [1.165, 1.54) is 0 Å². The van der Waals surface area contributed by atoms with Crippen LogP contribution in [0.5, 0.6) is 5.75 Å². The molecular weight excluding hydrogens is 216 g/mol. The first-order valence-electron chi connectivity index (χ1n) is 5.53. The van der Waals surface area contributed by atoms with Crippen molar-refractivity contribution in [3.63, 3.8) is 0 Å². The van der Waals surface area contributed by atoms with Crippen molar-refractivity contribution in [1.29, 1.82) is 0 Å². The number of oxazole rings is 1. The van der Waals surface area contributed by atoms with Crippen LogP contribution in [0.3, 0.4) is 0 Å². The average Bonchev–Trinajstić information content (AvgIpc) is 2.77. The molecule has 0 radical (unpaired) electrons. The lowest BCUT2D eigenvalue weighted by molar-refractivity contribution is 0.415. The molecule has 1 atom stereocenters. The molecule has 4 heteroatoms. The molecule has 1 heterocycles. The molecule has 0 aliphatic carbocycles. The summed E-state index contributed by atoms with van der Waals surface area (Å²) in [6, 6.07) is 7.68. The van der Waals surface area contributed by atoms with Gasteiger partial charge in [0.2, 0.25) is 5.89 Å². The van der Waals surface area contributed by atoms with Gasteiger partial charge < -0.3 is 14.9 Å². The maximum Gasteiger partial charge on any atom is 0.226 e. The monoisotopic (exact) mass is 232 g/mol. The smallest absolute Gasteiger partial charge is 0.226 e. The van der Waals surface area contributed by atoms with Crippen molar-refractivity contribution in [2.45, 2.75) is 19.4 Å². The average molecular weight is 232 g/mol. The van der Waals surface area contributed by atoms with Gasteiger partial charge in [-0.25, -0.2) is 4.98 Å². The molecule has 1 aromatic heterocycles. The fourth-order valence-corrected chi connectivity index (χ4v) is 1.60. The second-order valence-corrected chi connectivity index (χ2v) is 4.05. The predicted molar refractivity (Wildman–Crippen MR) is 65.8 cm³/mol. The van der Waals surface area contributed by atoms with Gasteiger partial charge in [-0.1, -0.05) is 0 Å². The molecule has 1 unspecified atom stereocenters. The standard InChI is InChI=1S/C13H16N2O2/c1-9(14)7-11-8-17-13(15-11)10-3-5-12(16-2)6-4-10/h3-6,8-9H,7,14H2,1-2H3. The Bertz CT molecular complexity index is 474. The maximum absolute atomic E-state index is 5.71. The van der Waals surface area contributed by atoms with Crippen LogP contribution < -0.4 is 10.5 Å². The van der Waals surface area contributed by atoms with Gasteiger partial charge in [-0.05, 0) is 31.2 Å². The van der Waals surface area contributed by atoms with Gasteiger partial charge in [0.15, 0.2) is 0 Å². The second-order valence-electron chi connectivity index (χ2n) is 4.05. The van der Waals surface area contributed by atoms with E-state index in [2.05, 4.69) is 4.98 Å². The Hall–Kier alpha value is -1.81. The summed E-state index contributed by atoms with van der Waals surface area (Å²) in [5.41, 5.74) is 7.52. The van der Waals surface area contributed by atoms with Gasteiger partial charge >= 0.3 is 0 Å². The molecule has 1 aromatic carbocycles. The summed E-state index contributed by atoms with van der Waals surface area (Å²) in [4.78, 5) is 4.39. The molecule has 0 spiro atoms. The van der Waals surface area contributed by atoms with Crippen LogP contribution in [0.25, 0.3) is 11.5 Å². The van der Waals surface area contributed by atoms with Crippen molar-refractivity contribution >= 4 is 0 Å². The van der Waals surface area contributed by atoms with Crippen LogP contribution in [0.2, 0.25) is 0 Å². The first-order valence-corrected chi connectivity index (χ1v) is 5.53. The Balaban J connectivity index is 2.18. The summed E-state index contributed by atoms with van der Waals surface area (Å²) in [5.74, 6) is 1.43. The van der Waals surface area contributed by atoms with E-state index in [1.807, 2.05) is 31.2 Å². The zero-order valence-electron chi connectivity index (χ0n) is 10.0. The van der Waals surface area contributed by atoms with Crippen molar-refractivity contribution in [1.82, 2.24) is 4.98 Å². The zero-order valence-corrected chi connectivity index (χ0v) is 10.0. The minimum absolute atomic E-state index is 0.0869. The van der Waals surface area contributed by atoms with E-state index in [0.717, 1.165) is 23.4 Å². The summed E-state index contributed by atoms with van der Waals surface area (Å²) >= 11 is 0. The molecule has 2 N–H and O–H groups in total. The SMILES string of the molecule is COc1ccc(-c2nc(CC(C)N)co2)cc1. The molecule has 0 aliphatic rings. The number of aromatic nitrogens is 1. The first-order chi connectivity index (χ1) is 8.19. The van der Waals surface area contributed by atoms with Crippen molar-refractivity contribution < 1.29 is 9.15 Å². The van der Waals surface area contributed by atoms with Crippen LogP contribution in [0.1, 0.15) is 12.6 Å². The summed E-state index contributed by atoms with van der Waals surface area (Å²) in [7, 11) is 1.64. The van der Waals surface area contributed by atoms with Crippen LogP contribution in [0.15, 0.2) is 34.9 Å². The number of ether oxygens (including phenoxy) is 1. The van der Waals surface area contributed by atoms with Gasteiger partial charge in [0.05, 0.1) is 12.8 Å². The Labute approximate surface area is 100 Å². The van der Waals surface area contributed by atoms with Gasteiger partial charge in [0.1, 0.15) is 12.0 Å². The van der Waals surface area contributed by atoms with Crippen LogP contribution in [-0.4, -0.2) is 18.1 Å². The normalized spacial score (nSPS) is 12.4. The highest BCUT2D eigenvalue weighted by atomic mass is 16.5. The number of benzene rings is 1. The summed E-state index contributed by atoms with van der Waals surface area (Å²) in [6.45, 7) is 1.95. The number of methoxy groups -OCH3 is 1. The Kier molecular flexibility index (Phi) is 3.44. The third-order valence-electron chi connectivity index (χ3n) is 2.42. The van der Waals surface area contributed by atoms with Gasteiger partial charge in [-0.2, -0.15) is 0 Å². The van der Waals surface area contributed by atoms with Crippen LogP contribution in [-0.2, 0) is 6.42 Å². The summed E-state index contributed by atoms with van der Waals surface area (Å²) < 4.78 is 10.5. The van der Waals surface area contributed by atoms with Crippen LogP contribution in [0.4, 0.5) is 0 Å². The quantitative estimate of drug-likeness (QED) is 0.878.